The molecule has 0 fully saturated rings. The fourth-order valence-electron chi connectivity index (χ4n) is 2.54. The molecule has 0 N–H and O–H groups in total. The normalized spacial score (nSPS) is 11.7. The van der Waals surface area contributed by atoms with Crippen LogP contribution in [0.25, 0.3) is 0 Å². The number of hydrogen-bond acceptors (Lipinski definition) is 1. The molecule has 0 heterocycles. The van der Waals surface area contributed by atoms with Gasteiger partial charge in [-0.15, -0.1) is 0 Å². The van der Waals surface area contributed by atoms with Crippen LogP contribution in [0.15, 0.2) is 99.6 Å². The van der Waals surface area contributed by atoms with Gasteiger partial charge in [0.2, 0.25) is 0 Å². The second-order valence-electron chi connectivity index (χ2n) is 6.98. The summed E-state index contributed by atoms with van der Waals surface area (Å²) in [6.45, 7) is 6.91. The second-order valence-corrected chi connectivity index (χ2v) is 9.00. The molecule has 3 aromatic rings. The summed E-state index contributed by atoms with van der Waals surface area (Å²) in [5, 5.41) is 0. The van der Waals surface area contributed by atoms with Gasteiger partial charge in [0.05, 0.1) is 23.1 Å². The monoisotopic (exact) mass is 349 g/mol. The molecule has 0 atom stereocenters. The van der Waals surface area contributed by atoms with Gasteiger partial charge in [-0.25, -0.2) is 0 Å². The Hall–Kier alpha value is -2.03. The highest BCUT2D eigenvalue weighted by atomic mass is 32.2. The van der Waals surface area contributed by atoms with Gasteiger partial charge >= 0.3 is 0 Å². The number of benzene rings is 3. The minimum Gasteiger partial charge on any atom is -0.371 e. The van der Waals surface area contributed by atoms with Gasteiger partial charge in [-0.3, -0.25) is 0 Å². The molecule has 0 aliphatic heterocycles. The van der Waals surface area contributed by atoms with Crippen molar-refractivity contribution in [2.75, 3.05) is 0 Å². The van der Waals surface area contributed by atoms with E-state index in [2.05, 4.69) is 106 Å². The Morgan fingerprint density at radius 2 is 1.08 bits per heavy atom. The number of rotatable bonds is 5. The van der Waals surface area contributed by atoms with Crippen molar-refractivity contribution in [1.29, 1.82) is 0 Å². The molecule has 0 spiro atoms. The van der Waals surface area contributed by atoms with Gasteiger partial charge in [0.15, 0.2) is 14.7 Å². The van der Waals surface area contributed by atoms with Crippen LogP contribution in [0.4, 0.5) is 0 Å². The quantitative estimate of drug-likeness (QED) is 0.506. The maximum absolute atomic E-state index is 5.89. The van der Waals surface area contributed by atoms with E-state index in [-0.39, 0.29) is 16.5 Å². The molecule has 3 rings (SSSR count). The molecule has 2 heteroatoms. The summed E-state index contributed by atoms with van der Waals surface area (Å²) in [5.74, 6) is 0. The third-order valence-corrected chi connectivity index (χ3v) is 6.02. The lowest BCUT2D eigenvalue weighted by Gasteiger charge is -2.19. The Bertz CT molecular complexity index is 734. The summed E-state index contributed by atoms with van der Waals surface area (Å²) in [4.78, 5) is 4.01. The van der Waals surface area contributed by atoms with Crippen LogP contribution in [0.1, 0.15) is 26.3 Å². The summed E-state index contributed by atoms with van der Waals surface area (Å²) in [6.07, 6.45) is 0. The van der Waals surface area contributed by atoms with E-state index in [1.165, 1.54) is 20.2 Å². The predicted molar refractivity (Wildman–Crippen MR) is 106 cm³/mol. The van der Waals surface area contributed by atoms with Gasteiger partial charge in [0.25, 0.3) is 0 Å². The van der Waals surface area contributed by atoms with Crippen molar-refractivity contribution in [2.24, 2.45) is 0 Å². The average Bonchev–Trinajstić information content (AvgIpc) is 2.62. The summed E-state index contributed by atoms with van der Waals surface area (Å²) >= 11 is 0. The third-order valence-electron chi connectivity index (χ3n) is 3.79. The van der Waals surface area contributed by atoms with Crippen LogP contribution in [-0.2, 0) is 22.2 Å². The van der Waals surface area contributed by atoms with Gasteiger partial charge in [-0.05, 0) is 62.7 Å². The molecular formula is C23H25OS+. The van der Waals surface area contributed by atoms with Gasteiger partial charge in [-0.2, -0.15) is 0 Å². The van der Waals surface area contributed by atoms with E-state index < -0.39 is 0 Å². The highest BCUT2D eigenvalue weighted by molar-refractivity contribution is 7.97. The van der Waals surface area contributed by atoms with Gasteiger partial charge in [0, 0.05) is 0 Å². The molecule has 0 aromatic heterocycles. The lowest BCUT2D eigenvalue weighted by Crippen LogP contribution is -2.18. The minimum absolute atomic E-state index is 0.0847. The molecule has 1 nitrogen and oxygen atoms in total. The first-order valence-corrected chi connectivity index (χ1v) is 9.83. The minimum atomic E-state index is -0.114. The van der Waals surface area contributed by atoms with Gasteiger partial charge in [0.1, 0.15) is 0 Å². The highest BCUT2D eigenvalue weighted by Gasteiger charge is 2.28. The van der Waals surface area contributed by atoms with E-state index in [0.717, 1.165) is 0 Å². The number of ether oxygens (including phenoxy) is 1. The summed E-state index contributed by atoms with van der Waals surface area (Å²) in [7, 11) is -0.0847. The van der Waals surface area contributed by atoms with Crippen LogP contribution < -0.4 is 0 Å². The zero-order valence-electron chi connectivity index (χ0n) is 15.1. The lowest BCUT2D eigenvalue weighted by atomic mass is 10.2. The molecule has 25 heavy (non-hydrogen) atoms. The molecule has 0 bridgehead atoms. The van der Waals surface area contributed by atoms with Crippen LogP contribution in [-0.4, -0.2) is 5.60 Å². The maximum atomic E-state index is 5.89. The van der Waals surface area contributed by atoms with Crippen LogP contribution in [0, 0.1) is 0 Å². The Morgan fingerprint density at radius 3 is 1.52 bits per heavy atom. The molecule has 0 radical (unpaired) electrons. The van der Waals surface area contributed by atoms with Crippen molar-refractivity contribution in [3.63, 3.8) is 0 Å². The predicted octanol–water partition coefficient (Wildman–Crippen LogP) is 6.10. The molecule has 128 valence electrons. The largest absolute Gasteiger partial charge is 0.371 e. The summed E-state index contributed by atoms with van der Waals surface area (Å²) < 4.78 is 5.89. The van der Waals surface area contributed by atoms with Crippen LogP contribution in [0.5, 0.6) is 0 Å². The first kappa shape index (κ1) is 17.8. The Labute approximate surface area is 154 Å². The van der Waals surface area contributed by atoms with Crippen molar-refractivity contribution in [3.8, 4) is 0 Å². The zero-order chi connectivity index (χ0) is 17.7. The van der Waals surface area contributed by atoms with Gasteiger partial charge < -0.3 is 4.74 Å². The van der Waals surface area contributed by atoms with Crippen molar-refractivity contribution in [2.45, 2.75) is 47.7 Å². The highest BCUT2D eigenvalue weighted by Crippen LogP contribution is 2.31. The molecule has 3 aromatic carbocycles. The van der Waals surface area contributed by atoms with Crippen molar-refractivity contribution in [1.82, 2.24) is 0 Å². The molecule has 0 unspecified atom stereocenters. The summed E-state index contributed by atoms with van der Waals surface area (Å²) in [6, 6.07) is 30.3. The van der Waals surface area contributed by atoms with E-state index in [1.807, 2.05) is 0 Å². The summed E-state index contributed by atoms with van der Waals surface area (Å²) in [5.41, 5.74) is 1.10. The van der Waals surface area contributed by atoms with Crippen molar-refractivity contribution < 1.29 is 4.74 Å². The first-order chi connectivity index (χ1) is 12.0. The molecule has 0 aliphatic carbocycles. The van der Waals surface area contributed by atoms with E-state index in [4.69, 9.17) is 4.74 Å². The number of hydrogen-bond donors (Lipinski definition) is 0. The van der Waals surface area contributed by atoms with Crippen molar-refractivity contribution >= 4 is 10.9 Å². The van der Waals surface area contributed by atoms with Crippen LogP contribution in [0.2, 0.25) is 0 Å². The molecule has 0 saturated heterocycles. The first-order valence-electron chi connectivity index (χ1n) is 8.60. The molecule has 0 saturated carbocycles. The Morgan fingerprint density at radius 1 is 0.640 bits per heavy atom. The lowest BCUT2D eigenvalue weighted by molar-refractivity contribution is -0.0149. The van der Waals surface area contributed by atoms with Crippen molar-refractivity contribution in [3.05, 3.63) is 90.5 Å². The van der Waals surface area contributed by atoms with Crippen LogP contribution >= 0.6 is 0 Å². The molecule has 0 aliphatic rings. The molecular weight excluding hydrogens is 324 g/mol. The van der Waals surface area contributed by atoms with E-state index in [0.29, 0.717) is 6.61 Å². The SMILES string of the molecule is CC(C)(C)OCc1ccc([S+](c2ccccc2)c2ccccc2)cc1. The van der Waals surface area contributed by atoms with E-state index >= 15 is 0 Å². The topological polar surface area (TPSA) is 9.23 Å². The van der Waals surface area contributed by atoms with Gasteiger partial charge in [-0.1, -0.05) is 48.5 Å². The second kappa shape index (κ2) is 7.90. The standard InChI is InChI=1S/C23H25OS/c1-23(2,3)24-18-19-14-16-22(17-15-19)25(20-10-6-4-7-11-20)21-12-8-5-9-13-21/h4-17H,18H2,1-3H3/q+1. The Kier molecular flexibility index (Phi) is 5.62. The van der Waals surface area contributed by atoms with E-state index in [9.17, 15) is 0 Å². The average molecular weight is 350 g/mol. The molecule has 0 amide bonds. The maximum Gasteiger partial charge on any atom is 0.166 e. The zero-order valence-corrected chi connectivity index (χ0v) is 15.9. The van der Waals surface area contributed by atoms with Crippen LogP contribution in [0.3, 0.4) is 0 Å². The fourth-order valence-corrected chi connectivity index (χ4v) is 4.63. The third kappa shape index (κ3) is 4.97. The Balaban J connectivity index is 1.89. The smallest absolute Gasteiger partial charge is 0.166 e. The fraction of sp³-hybridized carbons (Fsp3) is 0.217. The van der Waals surface area contributed by atoms with E-state index in [1.54, 1.807) is 0 Å².